The van der Waals surface area contributed by atoms with Crippen LogP contribution >= 0.6 is 11.8 Å². The molecule has 21 heavy (non-hydrogen) atoms. The molecular formula is C12H9N5O3S. The van der Waals surface area contributed by atoms with Gasteiger partial charge in [0, 0.05) is 5.69 Å². The number of rotatable bonds is 4. The van der Waals surface area contributed by atoms with E-state index in [4.69, 9.17) is 5.26 Å². The number of H-pyrrole nitrogens is 2. The van der Waals surface area contributed by atoms with E-state index in [2.05, 4.69) is 15.5 Å². The summed E-state index contributed by atoms with van der Waals surface area (Å²) in [6.45, 7) is 0. The first-order chi connectivity index (χ1) is 10.1. The highest BCUT2D eigenvalue weighted by Gasteiger charge is 2.08. The number of nitrogens with zero attached hydrogens (tertiary/aromatic N) is 2. The van der Waals surface area contributed by atoms with Gasteiger partial charge >= 0.3 is 5.69 Å². The van der Waals surface area contributed by atoms with Crippen LogP contribution in [0.2, 0.25) is 0 Å². The van der Waals surface area contributed by atoms with E-state index in [0.29, 0.717) is 11.3 Å². The van der Waals surface area contributed by atoms with Gasteiger partial charge in [0.2, 0.25) is 5.91 Å². The first kappa shape index (κ1) is 14.5. The monoisotopic (exact) mass is 303 g/mol. The summed E-state index contributed by atoms with van der Waals surface area (Å²) in [5.74, 6) is -0.415. The average Bonchev–Trinajstić information content (AvgIpc) is 2.46. The van der Waals surface area contributed by atoms with Crippen molar-refractivity contribution in [2.45, 2.75) is 5.03 Å². The molecule has 0 aliphatic heterocycles. The van der Waals surface area contributed by atoms with Crippen LogP contribution in [0.3, 0.4) is 0 Å². The topological polar surface area (TPSA) is 131 Å². The third-order valence-corrected chi connectivity index (χ3v) is 3.25. The van der Waals surface area contributed by atoms with E-state index in [1.54, 1.807) is 18.2 Å². The molecule has 2 rings (SSSR count). The normalized spacial score (nSPS) is 9.86. The van der Waals surface area contributed by atoms with Crippen LogP contribution in [0.25, 0.3) is 0 Å². The number of carbonyl (C=O) groups excluding carboxylic acids is 1. The van der Waals surface area contributed by atoms with Crippen LogP contribution in [-0.2, 0) is 4.79 Å². The SMILES string of the molecule is N#Cc1cccc(NC(=O)CSc2n[nH]c(=O)[nH]c2=O)c1. The second-order valence-electron chi connectivity index (χ2n) is 3.84. The van der Waals surface area contributed by atoms with Gasteiger partial charge in [0.05, 0.1) is 17.4 Å². The van der Waals surface area contributed by atoms with Crippen molar-refractivity contribution in [3.8, 4) is 6.07 Å². The zero-order valence-corrected chi connectivity index (χ0v) is 11.4. The molecule has 3 N–H and O–H groups in total. The molecule has 0 radical (unpaired) electrons. The van der Waals surface area contributed by atoms with Crippen LogP contribution in [0.15, 0.2) is 38.9 Å². The highest BCUT2D eigenvalue weighted by Crippen LogP contribution is 2.12. The number of nitriles is 1. The number of aromatic nitrogens is 3. The van der Waals surface area contributed by atoms with Crippen LogP contribution in [0.5, 0.6) is 0 Å². The lowest BCUT2D eigenvalue weighted by molar-refractivity contribution is -0.113. The molecule has 0 saturated heterocycles. The Labute approximate surface area is 122 Å². The molecule has 0 fully saturated rings. The smallest absolute Gasteiger partial charge is 0.325 e. The van der Waals surface area contributed by atoms with Crippen LogP contribution in [0, 0.1) is 11.3 Å². The van der Waals surface area contributed by atoms with E-state index in [1.165, 1.54) is 6.07 Å². The van der Waals surface area contributed by atoms with Gasteiger partial charge in [0.25, 0.3) is 5.56 Å². The predicted octanol–water partition coefficient (Wildman–Crippen LogP) is 0.0607. The van der Waals surface area contributed by atoms with E-state index in [1.807, 2.05) is 11.1 Å². The maximum absolute atomic E-state index is 11.7. The fraction of sp³-hybridized carbons (Fsp3) is 0.0833. The van der Waals surface area contributed by atoms with E-state index in [0.717, 1.165) is 11.8 Å². The number of benzene rings is 1. The Balaban J connectivity index is 1.97. The van der Waals surface area contributed by atoms with E-state index in [9.17, 15) is 14.4 Å². The maximum atomic E-state index is 11.7. The van der Waals surface area contributed by atoms with Crippen molar-refractivity contribution >= 4 is 23.4 Å². The van der Waals surface area contributed by atoms with Gasteiger partial charge in [-0.1, -0.05) is 17.8 Å². The van der Waals surface area contributed by atoms with Crippen molar-refractivity contribution in [2.24, 2.45) is 0 Å². The Hall–Kier alpha value is -2.86. The minimum atomic E-state index is -0.706. The fourth-order valence-electron chi connectivity index (χ4n) is 1.43. The van der Waals surface area contributed by atoms with Gasteiger partial charge in [-0.2, -0.15) is 10.4 Å². The third kappa shape index (κ3) is 4.05. The molecule has 8 nitrogen and oxygen atoms in total. The highest BCUT2D eigenvalue weighted by molar-refractivity contribution is 7.99. The Morgan fingerprint density at radius 2 is 2.24 bits per heavy atom. The van der Waals surface area contributed by atoms with Gasteiger partial charge in [-0.3, -0.25) is 14.6 Å². The van der Waals surface area contributed by atoms with E-state index < -0.39 is 11.2 Å². The lowest BCUT2D eigenvalue weighted by Crippen LogP contribution is -2.25. The molecule has 1 heterocycles. The van der Waals surface area contributed by atoms with Crippen molar-refractivity contribution < 1.29 is 4.79 Å². The predicted molar refractivity (Wildman–Crippen MR) is 76.0 cm³/mol. The summed E-state index contributed by atoms with van der Waals surface area (Å²) in [5, 5.41) is 17.0. The summed E-state index contributed by atoms with van der Waals surface area (Å²) in [5.41, 5.74) is -0.438. The number of carbonyl (C=O) groups is 1. The molecule has 1 aromatic heterocycles. The molecule has 9 heteroatoms. The van der Waals surface area contributed by atoms with Crippen LogP contribution in [-0.4, -0.2) is 26.8 Å². The quantitative estimate of drug-likeness (QED) is 0.684. The molecule has 1 aromatic carbocycles. The largest absolute Gasteiger partial charge is 0.342 e. The Morgan fingerprint density at radius 1 is 1.43 bits per heavy atom. The summed E-state index contributed by atoms with van der Waals surface area (Å²) >= 11 is 0.891. The molecule has 1 amide bonds. The number of aromatic amines is 2. The number of hydrogen-bond donors (Lipinski definition) is 3. The molecule has 2 aromatic rings. The molecular weight excluding hydrogens is 294 g/mol. The zero-order chi connectivity index (χ0) is 15.2. The van der Waals surface area contributed by atoms with Crippen molar-refractivity contribution in [1.82, 2.24) is 15.2 Å². The zero-order valence-electron chi connectivity index (χ0n) is 10.5. The maximum Gasteiger partial charge on any atom is 0.342 e. The molecule has 0 saturated carbocycles. The molecule has 0 spiro atoms. The van der Waals surface area contributed by atoms with Gasteiger partial charge in [-0.25, -0.2) is 9.89 Å². The van der Waals surface area contributed by atoms with Crippen LogP contribution in [0.1, 0.15) is 5.56 Å². The number of amides is 1. The van der Waals surface area contributed by atoms with Crippen molar-refractivity contribution in [2.75, 3.05) is 11.1 Å². The van der Waals surface area contributed by atoms with Gasteiger partial charge in [0.1, 0.15) is 0 Å². The molecule has 0 aliphatic carbocycles. The van der Waals surface area contributed by atoms with Crippen LogP contribution in [0.4, 0.5) is 5.69 Å². The summed E-state index contributed by atoms with van der Waals surface area (Å²) in [7, 11) is 0. The molecule has 0 aliphatic rings. The second kappa shape index (κ2) is 6.53. The first-order valence-electron chi connectivity index (χ1n) is 5.70. The third-order valence-electron chi connectivity index (χ3n) is 2.30. The Kier molecular flexibility index (Phi) is 4.53. The van der Waals surface area contributed by atoms with Gasteiger partial charge < -0.3 is 5.32 Å². The average molecular weight is 303 g/mol. The van der Waals surface area contributed by atoms with Crippen molar-refractivity contribution in [3.63, 3.8) is 0 Å². The number of hydrogen-bond acceptors (Lipinski definition) is 6. The second-order valence-corrected chi connectivity index (χ2v) is 4.81. The molecule has 0 bridgehead atoms. The van der Waals surface area contributed by atoms with Gasteiger partial charge in [0.15, 0.2) is 5.03 Å². The summed E-state index contributed by atoms with van der Waals surface area (Å²) in [6, 6.07) is 8.42. The Morgan fingerprint density at radius 3 is 2.95 bits per heavy atom. The number of thioether (sulfide) groups is 1. The van der Waals surface area contributed by atoms with Crippen LogP contribution < -0.4 is 16.6 Å². The lowest BCUT2D eigenvalue weighted by Gasteiger charge is -2.04. The molecule has 106 valence electrons. The number of anilines is 1. The minimum absolute atomic E-state index is 0.00414. The number of nitrogens with one attached hydrogen (secondary N) is 3. The molecule has 0 unspecified atom stereocenters. The minimum Gasteiger partial charge on any atom is -0.325 e. The van der Waals surface area contributed by atoms with Gasteiger partial charge in [-0.15, -0.1) is 0 Å². The van der Waals surface area contributed by atoms with Crippen molar-refractivity contribution in [1.29, 1.82) is 5.26 Å². The van der Waals surface area contributed by atoms with Gasteiger partial charge in [-0.05, 0) is 18.2 Å². The fourth-order valence-corrected chi connectivity index (χ4v) is 2.06. The summed E-state index contributed by atoms with van der Waals surface area (Å²) < 4.78 is 0. The molecule has 0 atom stereocenters. The first-order valence-corrected chi connectivity index (χ1v) is 6.69. The Bertz CT molecular complexity index is 820. The standard InChI is InChI=1S/C12H9N5O3S/c13-5-7-2-1-3-8(4-7)14-9(18)6-21-11-10(19)15-12(20)17-16-11/h1-4H,6H2,(H,14,18)(H2,15,17,19,20). The summed E-state index contributed by atoms with van der Waals surface area (Å²) in [6.07, 6.45) is 0. The highest BCUT2D eigenvalue weighted by atomic mass is 32.2. The van der Waals surface area contributed by atoms with E-state index >= 15 is 0 Å². The van der Waals surface area contributed by atoms with Crippen molar-refractivity contribution in [3.05, 3.63) is 50.7 Å². The summed E-state index contributed by atoms with van der Waals surface area (Å²) in [4.78, 5) is 35.9. The lowest BCUT2D eigenvalue weighted by atomic mass is 10.2. The van der Waals surface area contributed by atoms with E-state index in [-0.39, 0.29) is 16.7 Å².